The number of aliphatic hydroxyl groups is 1. The first-order chi connectivity index (χ1) is 16.4. The largest absolute Gasteiger partial charge is 0.505 e. The van der Waals surface area contributed by atoms with E-state index in [4.69, 9.17) is 4.42 Å². The van der Waals surface area contributed by atoms with Crippen LogP contribution in [0.15, 0.2) is 77.0 Å². The molecule has 4 heterocycles. The number of Topliss-reactive ketones (excluding diaryl/α,β-unsaturated/α-hetero) is 1. The molecule has 1 amide bonds. The maximum atomic E-state index is 13.2. The number of hydrogen-bond acceptors (Lipinski definition) is 7. The second-order valence-corrected chi connectivity index (χ2v) is 7.83. The Morgan fingerprint density at radius 3 is 2.74 bits per heavy atom. The lowest BCUT2D eigenvalue weighted by Crippen LogP contribution is -2.29. The molecule has 34 heavy (non-hydrogen) atoms. The predicted molar refractivity (Wildman–Crippen MR) is 120 cm³/mol. The second-order valence-electron chi connectivity index (χ2n) is 7.83. The molecule has 170 valence electrons. The van der Waals surface area contributed by atoms with Crippen LogP contribution in [0.2, 0.25) is 0 Å². The number of nitrogens with zero attached hydrogens (tertiary/aromatic N) is 4. The fourth-order valence-corrected chi connectivity index (χ4v) is 4.29. The summed E-state index contributed by atoms with van der Waals surface area (Å²) in [4.78, 5) is 42.8. The van der Waals surface area contributed by atoms with Crippen molar-refractivity contribution in [3.63, 3.8) is 0 Å². The fourth-order valence-electron chi connectivity index (χ4n) is 4.29. The van der Waals surface area contributed by atoms with Crippen LogP contribution in [-0.2, 0) is 16.1 Å². The SMILES string of the molecule is Cc1nc2ccccn2c1/C(O)=C1\C(=O)C(=O)N(Cc2ccco2)C1c1cccc([N+](=O)[O-])c1. The number of non-ortho nitro benzene ring substituents is 1. The third-order valence-electron chi connectivity index (χ3n) is 5.77. The zero-order valence-electron chi connectivity index (χ0n) is 17.9. The number of aryl methyl sites for hydroxylation is 1. The van der Waals surface area contributed by atoms with Crippen LogP contribution < -0.4 is 0 Å². The monoisotopic (exact) mass is 458 g/mol. The average Bonchev–Trinajstić information content (AvgIpc) is 3.52. The van der Waals surface area contributed by atoms with Crippen LogP contribution in [0.5, 0.6) is 0 Å². The molecular formula is C24H18N4O6. The highest BCUT2D eigenvalue weighted by Crippen LogP contribution is 2.41. The van der Waals surface area contributed by atoms with E-state index in [1.165, 1.54) is 29.4 Å². The van der Waals surface area contributed by atoms with Gasteiger partial charge in [0.15, 0.2) is 5.76 Å². The number of rotatable bonds is 5. The molecule has 1 saturated heterocycles. The van der Waals surface area contributed by atoms with Crippen molar-refractivity contribution in [2.75, 3.05) is 0 Å². The lowest BCUT2D eigenvalue weighted by atomic mass is 9.96. The van der Waals surface area contributed by atoms with Gasteiger partial charge in [-0.25, -0.2) is 4.98 Å². The molecule has 4 aromatic rings. The molecule has 10 heteroatoms. The average molecular weight is 458 g/mol. The standard InChI is InChI=1S/C24H18N4O6/c1-14-20(26-10-3-2-9-18(26)25-14)22(29)19-21(15-6-4-7-16(12-15)28(32)33)27(24(31)23(19)30)13-17-8-5-11-34-17/h2-12,21,29H,13H2,1H3/b22-19+. The smallest absolute Gasteiger partial charge is 0.296 e. The molecule has 5 rings (SSSR count). The van der Waals surface area contributed by atoms with Crippen LogP contribution >= 0.6 is 0 Å². The molecule has 10 nitrogen and oxygen atoms in total. The molecule has 0 radical (unpaired) electrons. The van der Waals surface area contributed by atoms with Crippen LogP contribution in [0.4, 0.5) is 5.69 Å². The number of benzene rings is 1. The summed E-state index contributed by atoms with van der Waals surface area (Å²) in [6.45, 7) is 1.62. The highest BCUT2D eigenvalue weighted by atomic mass is 16.6. The highest BCUT2D eigenvalue weighted by Gasteiger charge is 2.47. The number of aliphatic hydroxyl groups excluding tert-OH is 1. The number of fused-ring (bicyclic) bond motifs is 1. The number of carbonyl (C=O) groups is 2. The molecule has 1 aliphatic heterocycles. The van der Waals surface area contributed by atoms with Crippen molar-refractivity contribution < 1.29 is 24.0 Å². The van der Waals surface area contributed by atoms with Gasteiger partial charge in [-0.1, -0.05) is 18.2 Å². The molecule has 1 aliphatic rings. The summed E-state index contributed by atoms with van der Waals surface area (Å²) in [5.41, 5.74) is 1.21. The molecule has 0 aliphatic carbocycles. The maximum absolute atomic E-state index is 13.2. The lowest BCUT2D eigenvalue weighted by molar-refractivity contribution is -0.384. The van der Waals surface area contributed by atoms with Crippen LogP contribution in [0.25, 0.3) is 11.4 Å². The summed E-state index contributed by atoms with van der Waals surface area (Å²) in [5, 5.41) is 22.8. The number of nitro groups is 1. The number of hydrogen-bond donors (Lipinski definition) is 1. The van der Waals surface area contributed by atoms with Gasteiger partial charge >= 0.3 is 0 Å². The van der Waals surface area contributed by atoms with Crippen molar-refractivity contribution in [1.29, 1.82) is 0 Å². The van der Waals surface area contributed by atoms with Gasteiger partial charge in [0.1, 0.15) is 17.1 Å². The van der Waals surface area contributed by atoms with Gasteiger partial charge in [0.05, 0.1) is 35.0 Å². The van der Waals surface area contributed by atoms with E-state index < -0.39 is 28.4 Å². The van der Waals surface area contributed by atoms with E-state index in [1.807, 2.05) is 0 Å². The first kappa shape index (κ1) is 21.1. The van der Waals surface area contributed by atoms with Crippen molar-refractivity contribution in [2.45, 2.75) is 19.5 Å². The summed E-state index contributed by atoms with van der Waals surface area (Å²) in [5.74, 6) is -1.73. The van der Waals surface area contributed by atoms with Crippen molar-refractivity contribution in [2.24, 2.45) is 0 Å². The lowest BCUT2D eigenvalue weighted by Gasteiger charge is -2.24. The third-order valence-corrected chi connectivity index (χ3v) is 5.77. The van der Waals surface area contributed by atoms with Gasteiger partial charge in [-0.15, -0.1) is 0 Å². The minimum absolute atomic E-state index is 0.0617. The molecule has 3 aromatic heterocycles. The molecule has 1 unspecified atom stereocenters. The number of pyridine rings is 1. The van der Waals surface area contributed by atoms with Gasteiger partial charge in [0, 0.05) is 18.3 Å². The van der Waals surface area contributed by atoms with Crippen LogP contribution in [0, 0.1) is 17.0 Å². The summed E-state index contributed by atoms with van der Waals surface area (Å²) < 4.78 is 6.98. The van der Waals surface area contributed by atoms with E-state index in [0.717, 1.165) is 0 Å². The Morgan fingerprint density at radius 2 is 2.00 bits per heavy atom. The highest BCUT2D eigenvalue weighted by molar-refractivity contribution is 6.46. The van der Waals surface area contributed by atoms with Gasteiger partial charge < -0.3 is 14.4 Å². The van der Waals surface area contributed by atoms with E-state index in [9.17, 15) is 24.8 Å². The molecule has 0 saturated carbocycles. The number of furan rings is 1. The van der Waals surface area contributed by atoms with Crippen molar-refractivity contribution >= 4 is 28.8 Å². The summed E-state index contributed by atoms with van der Waals surface area (Å²) in [6.07, 6.45) is 3.13. The molecule has 0 spiro atoms. The Balaban J connectivity index is 1.74. The third kappa shape index (κ3) is 3.32. The first-order valence-electron chi connectivity index (χ1n) is 10.4. The van der Waals surface area contributed by atoms with Crippen molar-refractivity contribution in [3.8, 4) is 0 Å². The van der Waals surface area contributed by atoms with E-state index in [0.29, 0.717) is 22.7 Å². The van der Waals surface area contributed by atoms with Gasteiger partial charge in [-0.2, -0.15) is 0 Å². The van der Waals surface area contributed by atoms with Gasteiger partial charge in [-0.3, -0.25) is 24.1 Å². The second kappa shape index (κ2) is 8.00. The van der Waals surface area contributed by atoms with E-state index in [1.54, 1.807) is 53.9 Å². The van der Waals surface area contributed by atoms with Gasteiger partial charge in [0.2, 0.25) is 0 Å². The minimum Gasteiger partial charge on any atom is -0.505 e. The Hall–Kier alpha value is -4.73. The summed E-state index contributed by atoms with van der Waals surface area (Å²) in [6, 6.07) is 13.2. The quantitative estimate of drug-likeness (QED) is 0.158. The van der Waals surface area contributed by atoms with Crippen LogP contribution in [0.3, 0.4) is 0 Å². The maximum Gasteiger partial charge on any atom is 0.296 e. The van der Waals surface area contributed by atoms with Gasteiger partial charge in [-0.05, 0) is 36.8 Å². The Labute approximate surface area is 192 Å². The number of amides is 1. The normalized spacial score (nSPS) is 17.6. The zero-order chi connectivity index (χ0) is 24.0. The minimum atomic E-state index is -1.07. The van der Waals surface area contributed by atoms with Crippen molar-refractivity contribution in [3.05, 3.63) is 105 Å². The molecular weight excluding hydrogens is 440 g/mol. The van der Waals surface area contributed by atoms with Crippen LogP contribution in [-0.4, -0.2) is 36.0 Å². The fraction of sp³-hybridized carbons (Fsp3) is 0.125. The number of likely N-dealkylation sites (tertiary alicyclic amines) is 1. The molecule has 1 N–H and O–H groups in total. The van der Waals surface area contributed by atoms with Gasteiger partial charge in [0.25, 0.3) is 17.4 Å². The van der Waals surface area contributed by atoms with E-state index in [2.05, 4.69) is 4.98 Å². The summed E-state index contributed by atoms with van der Waals surface area (Å²) >= 11 is 0. The van der Waals surface area contributed by atoms with Crippen LogP contribution in [0.1, 0.15) is 28.8 Å². The molecule has 1 atom stereocenters. The Bertz CT molecular complexity index is 1480. The summed E-state index contributed by atoms with van der Waals surface area (Å²) in [7, 11) is 0. The number of aromatic nitrogens is 2. The van der Waals surface area contributed by atoms with E-state index >= 15 is 0 Å². The number of nitro benzene ring substituents is 1. The van der Waals surface area contributed by atoms with Crippen molar-refractivity contribution in [1.82, 2.24) is 14.3 Å². The molecule has 1 aromatic carbocycles. The number of ketones is 1. The topological polar surface area (TPSA) is 131 Å². The molecule has 1 fully saturated rings. The molecule has 0 bridgehead atoms. The van der Waals surface area contributed by atoms with E-state index in [-0.39, 0.29) is 23.5 Å². The Morgan fingerprint density at radius 1 is 1.18 bits per heavy atom. The predicted octanol–water partition coefficient (Wildman–Crippen LogP) is 3.77. The number of imidazole rings is 1. The number of carbonyl (C=O) groups excluding carboxylic acids is 2. The first-order valence-corrected chi connectivity index (χ1v) is 10.4. The zero-order valence-corrected chi connectivity index (χ0v) is 17.9. The Kier molecular flexibility index (Phi) is 4.97.